The molecular weight excluding hydrogens is 517 g/mol. The Morgan fingerprint density at radius 1 is 1.11 bits per heavy atom. The normalized spacial score (nSPS) is 16.3. The van der Waals surface area contributed by atoms with E-state index in [-0.39, 0.29) is 24.3 Å². The lowest BCUT2D eigenvalue weighted by Gasteiger charge is -2.18. The second-order valence-corrected chi connectivity index (χ2v) is 10.0. The predicted molar refractivity (Wildman–Crippen MR) is 141 cm³/mol. The number of hydrogen-bond donors (Lipinski definition) is 0. The Labute approximate surface area is 220 Å². The number of Topliss-reactive ketones (excluding diaryl/α,β-unsaturated/α-hetero) is 1. The summed E-state index contributed by atoms with van der Waals surface area (Å²) >= 11 is -3.65. The average Bonchev–Trinajstić information content (AvgIpc) is 3.24. The Bertz CT molecular complexity index is 1440. The number of oxime groups is 1. The highest BCUT2D eigenvalue weighted by Crippen LogP contribution is 2.35. The smallest absolute Gasteiger partial charge is 0.341 e. The number of carbonyl (C=O) groups is 2. The number of hydrogen-bond acceptors (Lipinski definition) is 5. The summed E-state index contributed by atoms with van der Waals surface area (Å²) in [7, 11) is 0. The molecule has 0 saturated carbocycles. The fraction of sp³-hybridized carbons (Fsp3) is 0.321. The fourth-order valence-corrected chi connectivity index (χ4v) is 4.90. The molecule has 0 N–H and O–H groups in total. The molecule has 0 fully saturated rings. The van der Waals surface area contributed by atoms with Gasteiger partial charge < -0.3 is 4.57 Å². The molecule has 10 heteroatoms. The van der Waals surface area contributed by atoms with Crippen LogP contribution in [0, 0.1) is 5.92 Å². The molecule has 0 saturated heterocycles. The minimum absolute atomic E-state index is 0.105. The Hall–Kier alpha value is -3.53. The van der Waals surface area contributed by atoms with Crippen molar-refractivity contribution in [2.45, 2.75) is 51.6 Å². The molecule has 200 valence electrons. The van der Waals surface area contributed by atoms with Crippen LogP contribution in [0.1, 0.15) is 60.3 Å². The predicted octanol–water partition coefficient (Wildman–Crippen LogP) is 6.39. The van der Waals surface area contributed by atoms with E-state index in [2.05, 4.69) is 14.0 Å². The number of benzene rings is 2. The molecule has 6 nitrogen and oxygen atoms in total. The van der Waals surface area contributed by atoms with Crippen LogP contribution < -0.4 is 0 Å². The minimum atomic E-state index is -5.10. The maximum absolute atomic E-state index is 13.3. The Kier molecular flexibility index (Phi) is 8.30. The van der Waals surface area contributed by atoms with E-state index in [1.165, 1.54) is 0 Å². The number of alkyl halides is 3. The summed E-state index contributed by atoms with van der Waals surface area (Å²) in [6, 6.07) is 14.5. The van der Waals surface area contributed by atoms with Crippen molar-refractivity contribution in [2.75, 3.05) is 0 Å². The van der Waals surface area contributed by atoms with Gasteiger partial charge in [0.25, 0.3) is 0 Å². The van der Waals surface area contributed by atoms with Crippen molar-refractivity contribution >= 4 is 45.3 Å². The molecule has 0 aliphatic heterocycles. The topological polar surface area (TPSA) is 77.7 Å². The van der Waals surface area contributed by atoms with E-state index in [4.69, 9.17) is 0 Å². The van der Waals surface area contributed by atoms with Gasteiger partial charge in [-0.05, 0) is 56.0 Å². The van der Waals surface area contributed by atoms with Crippen LogP contribution >= 0.6 is 0 Å². The van der Waals surface area contributed by atoms with Crippen molar-refractivity contribution in [1.82, 2.24) is 4.57 Å². The van der Waals surface area contributed by atoms with Crippen LogP contribution in [0.5, 0.6) is 0 Å². The minimum Gasteiger partial charge on any atom is -0.341 e. The Balaban J connectivity index is 1.68. The summed E-state index contributed by atoms with van der Waals surface area (Å²) in [6.45, 7) is 4.54. The average molecular weight is 545 g/mol. The molecule has 0 bridgehead atoms. The number of allylic oxidation sites excluding steroid dienone is 1. The van der Waals surface area contributed by atoms with Gasteiger partial charge in [-0.2, -0.15) is 13.2 Å². The van der Waals surface area contributed by atoms with Crippen molar-refractivity contribution in [3.63, 3.8) is 0 Å². The zero-order chi connectivity index (χ0) is 27.4. The molecule has 0 amide bonds. The van der Waals surface area contributed by atoms with Gasteiger partial charge in [-0.3, -0.25) is 13.9 Å². The molecule has 2 atom stereocenters. The van der Waals surface area contributed by atoms with Gasteiger partial charge in [-0.1, -0.05) is 54.9 Å². The van der Waals surface area contributed by atoms with Crippen molar-refractivity contribution < 1.29 is 31.3 Å². The summed E-state index contributed by atoms with van der Waals surface area (Å²) in [5.74, 6) is -1.29. The highest BCUT2D eigenvalue weighted by atomic mass is 32.2. The molecule has 2 unspecified atom stereocenters. The van der Waals surface area contributed by atoms with Crippen LogP contribution in [0.15, 0.2) is 59.8 Å². The highest BCUT2D eigenvalue weighted by Gasteiger charge is 2.40. The van der Waals surface area contributed by atoms with Crippen molar-refractivity contribution in [3.8, 4) is 0 Å². The molecule has 1 aromatic heterocycles. The first-order valence-corrected chi connectivity index (χ1v) is 13.4. The number of aromatic nitrogens is 1. The van der Waals surface area contributed by atoms with Crippen LogP contribution in [0.25, 0.3) is 17.0 Å². The molecule has 38 heavy (non-hydrogen) atoms. The van der Waals surface area contributed by atoms with E-state index in [1.54, 1.807) is 36.4 Å². The third kappa shape index (κ3) is 5.65. The van der Waals surface area contributed by atoms with Gasteiger partial charge in [0.1, 0.15) is 5.71 Å². The second kappa shape index (κ2) is 11.5. The third-order valence-corrected chi connectivity index (χ3v) is 7.12. The van der Waals surface area contributed by atoms with Crippen LogP contribution in [0.3, 0.4) is 0 Å². The zero-order valence-electron chi connectivity index (χ0n) is 21.0. The largest absolute Gasteiger partial charge is 0.510 e. The molecular formula is C28H27F3N2O4S. The molecule has 0 spiro atoms. The maximum atomic E-state index is 13.3. The third-order valence-electron chi connectivity index (χ3n) is 6.53. The lowest BCUT2D eigenvalue weighted by atomic mass is 9.86. The van der Waals surface area contributed by atoms with Gasteiger partial charge >= 0.3 is 16.6 Å². The van der Waals surface area contributed by atoms with E-state index in [1.807, 2.05) is 38.1 Å². The van der Waals surface area contributed by atoms with E-state index >= 15 is 0 Å². The number of aryl methyl sites for hydroxylation is 1. The van der Waals surface area contributed by atoms with E-state index in [0.717, 1.165) is 22.2 Å². The number of carbonyl (C=O) groups excluding carboxylic acids is 2. The second-order valence-electron chi connectivity index (χ2n) is 8.97. The van der Waals surface area contributed by atoms with Gasteiger partial charge in [0.2, 0.25) is 0 Å². The molecule has 1 aliphatic rings. The van der Waals surface area contributed by atoms with Crippen molar-refractivity contribution in [1.29, 1.82) is 0 Å². The summed E-state index contributed by atoms with van der Waals surface area (Å²) in [5.41, 5.74) is -1.48. The zero-order valence-corrected chi connectivity index (χ0v) is 21.8. The summed E-state index contributed by atoms with van der Waals surface area (Å²) in [4.78, 5) is 26.4. The van der Waals surface area contributed by atoms with Crippen LogP contribution in [0.4, 0.5) is 13.2 Å². The number of halogens is 3. The van der Waals surface area contributed by atoms with Crippen molar-refractivity contribution in [2.24, 2.45) is 11.1 Å². The van der Waals surface area contributed by atoms with Gasteiger partial charge in [0.05, 0.1) is 0 Å². The Morgan fingerprint density at radius 3 is 2.50 bits per heavy atom. The number of fused-ring (bicyclic) bond motifs is 3. The van der Waals surface area contributed by atoms with E-state index < -0.39 is 28.3 Å². The Morgan fingerprint density at radius 2 is 1.84 bits per heavy atom. The van der Waals surface area contributed by atoms with Crippen LogP contribution in [0.2, 0.25) is 0 Å². The molecule has 4 rings (SSSR count). The van der Waals surface area contributed by atoms with Gasteiger partial charge in [0.15, 0.2) is 11.6 Å². The molecule has 1 heterocycles. The summed E-state index contributed by atoms with van der Waals surface area (Å²) in [5, 5.41) is 4.22. The highest BCUT2D eigenvalue weighted by molar-refractivity contribution is 7.81. The number of nitrogens with zero attached hydrogens (tertiary/aromatic N) is 2. The molecule has 3 aromatic rings. The first-order valence-electron chi connectivity index (χ1n) is 12.4. The van der Waals surface area contributed by atoms with Gasteiger partial charge in [-0.25, -0.2) is 4.21 Å². The lowest BCUT2D eigenvalue weighted by Crippen LogP contribution is -2.27. The monoisotopic (exact) mass is 544 g/mol. The fourth-order valence-electron chi connectivity index (χ4n) is 4.66. The number of unbranched alkanes of at least 4 members (excludes halogenated alkanes) is 1. The van der Waals surface area contributed by atoms with Crippen LogP contribution in [-0.4, -0.2) is 31.6 Å². The number of rotatable bonds is 10. The molecule has 0 radical (unpaired) electrons. The van der Waals surface area contributed by atoms with Gasteiger partial charge in [0, 0.05) is 40.2 Å². The number of ketones is 2. The van der Waals surface area contributed by atoms with E-state index in [9.17, 15) is 27.0 Å². The van der Waals surface area contributed by atoms with Crippen LogP contribution in [-0.2, 0) is 33.1 Å². The van der Waals surface area contributed by atoms with Crippen molar-refractivity contribution in [3.05, 3.63) is 77.0 Å². The molecule has 2 aromatic carbocycles. The van der Waals surface area contributed by atoms with E-state index in [0.29, 0.717) is 30.5 Å². The maximum Gasteiger partial charge on any atom is 0.510 e. The summed E-state index contributed by atoms with van der Waals surface area (Å²) < 4.78 is 55.5. The quantitative estimate of drug-likeness (QED) is 0.168. The first-order chi connectivity index (χ1) is 18.2. The first kappa shape index (κ1) is 27.5. The SMILES string of the molecule is CCCC/C(=N\OS(=O)C(F)(F)F)C(=O)C1C=Cc2c(c3cc(C(=O)c4ccccc4)ccc3n2CC)C1. The standard InChI is InChI=1S/C28H27F3N2O4S/c1-3-5-11-23(32-37-38(36)28(29,30)31)27(35)20-13-15-25-22(17-20)21-16-19(12-14-24(21)33(25)4-2)26(34)18-9-7-6-8-10-18/h6-10,12-16,20H,3-5,11,17H2,1-2H3/b32-23+. The van der Waals surface area contributed by atoms with Gasteiger partial charge in [-0.15, -0.1) is 0 Å². The lowest BCUT2D eigenvalue weighted by molar-refractivity contribution is -0.115. The molecule has 1 aliphatic carbocycles. The summed E-state index contributed by atoms with van der Waals surface area (Å²) in [6.07, 6.45) is 5.12.